The Hall–Kier alpha value is -1.06. The molecule has 0 aliphatic heterocycles. The third-order valence-electron chi connectivity index (χ3n) is 2.64. The van der Waals surface area contributed by atoms with E-state index < -0.39 is 5.38 Å². The molecule has 1 aromatic carbocycles. The van der Waals surface area contributed by atoms with E-state index in [2.05, 4.69) is 22.3 Å². The molecule has 0 aliphatic rings. The van der Waals surface area contributed by atoms with Crippen molar-refractivity contribution in [2.24, 2.45) is 0 Å². The first-order chi connectivity index (χ1) is 8.02. The van der Waals surface area contributed by atoms with Gasteiger partial charge in [-0.1, -0.05) is 30.3 Å². The Morgan fingerprint density at radius 1 is 1.35 bits per heavy atom. The van der Waals surface area contributed by atoms with Crippen LogP contribution in [0.15, 0.2) is 30.3 Å². The van der Waals surface area contributed by atoms with Crippen LogP contribution >= 0.6 is 11.6 Å². The zero-order valence-corrected chi connectivity index (χ0v) is 11.2. The van der Waals surface area contributed by atoms with E-state index in [4.69, 9.17) is 11.6 Å². The Morgan fingerprint density at radius 2 is 1.94 bits per heavy atom. The van der Waals surface area contributed by atoms with Gasteiger partial charge >= 0.3 is 0 Å². The quantitative estimate of drug-likeness (QED) is 0.816. The summed E-state index contributed by atoms with van der Waals surface area (Å²) in [5, 5.41) is 2.36. The van der Waals surface area contributed by atoms with E-state index in [1.54, 1.807) is 6.92 Å². The summed E-state index contributed by atoms with van der Waals surface area (Å²) >= 11 is 5.71. The zero-order valence-electron chi connectivity index (χ0n) is 10.5. The molecule has 2 atom stereocenters. The normalized spacial score (nSPS) is 14.4. The lowest BCUT2D eigenvalue weighted by molar-refractivity contribution is -0.120. The van der Waals surface area contributed by atoms with Gasteiger partial charge in [0.25, 0.3) is 0 Å². The Bertz CT molecular complexity index is 352. The van der Waals surface area contributed by atoms with Crippen molar-refractivity contribution in [3.8, 4) is 0 Å². The molecule has 0 spiro atoms. The Kier molecular flexibility index (Phi) is 5.45. The molecule has 0 unspecified atom stereocenters. The van der Waals surface area contributed by atoms with Gasteiger partial charge in [-0.05, 0) is 26.6 Å². The van der Waals surface area contributed by atoms with Crippen LogP contribution in [0, 0.1) is 0 Å². The number of carbonyl (C=O) groups excluding carboxylic acids is 1. The van der Waals surface area contributed by atoms with Crippen molar-refractivity contribution in [1.29, 1.82) is 0 Å². The Labute approximate surface area is 108 Å². The minimum Gasteiger partial charge on any atom is -0.353 e. The van der Waals surface area contributed by atoms with Crippen LogP contribution in [0.1, 0.15) is 18.5 Å². The van der Waals surface area contributed by atoms with Crippen LogP contribution in [-0.2, 0) is 4.79 Å². The summed E-state index contributed by atoms with van der Waals surface area (Å²) < 4.78 is 0. The van der Waals surface area contributed by atoms with E-state index in [0.717, 1.165) is 0 Å². The van der Waals surface area contributed by atoms with Gasteiger partial charge in [0, 0.05) is 6.54 Å². The lowest BCUT2D eigenvalue weighted by Gasteiger charge is -2.25. The number of rotatable bonds is 5. The molecule has 0 aliphatic carbocycles. The number of carbonyl (C=O) groups is 1. The average Bonchev–Trinajstić information content (AvgIpc) is 2.29. The summed E-state index contributed by atoms with van der Waals surface area (Å²) in [4.78, 5) is 13.5. The first-order valence-corrected chi connectivity index (χ1v) is 6.09. The van der Waals surface area contributed by atoms with Crippen molar-refractivity contribution in [2.45, 2.75) is 18.3 Å². The van der Waals surface area contributed by atoms with Crippen molar-refractivity contribution in [3.05, 3.63) is 35.9 Å². The van der Waals surface area contributed by atoms with Gasteiger partial charge in [0.05, 0.1) is 6.04 Å². The van der Waals surface area contributed by atoms with Gasteiger partial charge in [0.1, 0.15) is 5.38 Å². The van der Waals surface area contributed by atoms with Crippen molar-refractivity contribution >= 4 is 17.5 Å². The van der Waals surface area contributed by atoms with Crippen LogP contribution in [0.25, 0.3) is 0 Å². The number of hydrogen-bond donors (Lipinski definition) is 1. The molecule has 0 radical (unpaired) electrons. The number of nitrogens with zero attached hydrogens (tertiary/aromatic N) is 1. The van der Waals surface area contributed by atoms with Gasteiger partial charge in [-0.15, -0.1) is 11.6 Å². The maximum absolute atomic E-state index is 11.4. The zero-order chi connectivity index (χ0) is 12.8. The second kappa shape index (κ2) is 6.62. The van der Waals surface area contributed by atoms with Gasteiger partial charge in [-0.3, -0.25) is 4.79 Å². The first-order valence-electron chi connectivity index (χ1n) is 5.65. The van der Waals surface area contributed by atoms with Crippen LogP contribution in [0.5, 0.6) is 0 Å². The molecule has 0 fully saturated rings. The molecule has 1 aromatic rings. The summed E-state index contributed by atoms with van der Waals surface area (Å²) in [6.07, 6.45) is 0. The van der Waals surface area contributed by atoms with E-state index in [9.17, 15) is 4.79 Å². The van der Waals surface area contributed by atoms with E-state index in [1.807, 2.05) is 32.3 Å². The van der Waals surface area contributed by atoms with Crippen LogP contribution in [0.4, 0.5) is 0 Å². The third kappa shape index (κ3) is 4.36. The summed E-state index contributed by atoms with van der Waals surface area (Å²) in [5.41, 5.74) is 1.18. The maximum Gasteiger partial charge on any atom is 0.237 e. The molecule has 0 bridgehead atoms. The van der Waals surface area contributed by atoms with Crippen molar-refractivity contribution in [1.82, 2.24) is 10.2 Å². The van der Waals surface area contributed by atoms with Crippen LogP contribution in [-0.4, -0.2) is 36.8 Å². The second-order valence-corrected chi connectivity index (χ2v) is 4.91. The minimum absolute atomic E-state index is 0.130. The molecule has 17 heavy (non-hydrogen) atoms. The van der Waals surface area contributed by atoms with E-state index in [1.165, 1.54) is 5.56 Å². The number of likely N-dealkylation sites (N-methyl/N-ethyl adjacent to an activating group) is 1. The highest BCUT2D eigenvalue weighted by molar-refractivity contribution is 6.30. The van der Waals surface area contributed by atoms with Crippen molar-refractivity contribution < 1.29 is 4.79 Å². The molecule has 1 N–H and O–H groups in total. The molecule has 0 aromatic heterocycles. The number of benzene rings is 1. The predicted molar refractivity (Wildman–Crippen MR) is 71.2 cm³/mol. The number of hydrogen-bond acceptors (Lipinski definition) is 2. The molecule has 0 heterocycles. The number of halogens is 1. The van der Waals surface area contributed by atoms with E-state index in [-0.39, 0.29) is 11.9 Å². The van der Waals surface area contributed by atoms with Crippen molar-refractivity contribution in [3.63, 3.8) is 0 Å². The summed E-state index contributed by atoms with van der Waals surface area (Å²) in [6.45, 7) is 2.23. The molecule has 1 amide bonds. The molecule has 0 saturated heterocycles. The van der Waals surface area contributed by atoms with E-state index >= 15 is 0 Å². The SMILES string of the molecule is C[C@H](Cl)C(=O)NC[C@@H](c1ccccc1)N(C)C. The van der Waals surface area contributed by atoms with Crippen LogP contribution in [0.2, 0.25) is 0 Å². The fourth-order valence-electron chi connectivity index (χ4n) is 1.61. The van der Waals surface area contributed by atoms with Gasteiger partial charge < -0.3 is 10.2 Å². The van der Waals surface area contributed by atoms with Gasteiger partial charge in [0.15, 0.2) is 0 Å². The molecule has 4 heteroatoms. The Morgan fingerprint density at radius 3 is 2.41 bits per heavy atom. The highest BCUT2D eigenvalue weighted by Gasteiger charge is 2.16. The maximum atomic E-state index is 11.4. The van der Waals surface area contributed by atoms with E-state index in [0.29, 0.717) is 6.54 Å². The smallest absolute Gasteiger partial charge is 0.237 e. The fourth-order valence-corrected chi connectivity index (χ4v) is 1.69. The van der Waals surface area contributed by atoms with Crippen LogP contribution in [0.3, 0.4) is 0 Å². The molecule has 0 saturated carbocycles. The highest BCUT2D eigenvalue weighted by Crippen LogP contribution is 2.16. The number of nitrogens with one attached hydrogen (secondary N) is 1. The molecule has 94 valence electrons. The molecule has 3 nitrogen and oxygen atoms in total. The fraction of sp³-hybridized carbons (Fsp3) is 0.462. The molecular formula is C13H19ClN2O. The third-order valence-corrected chi connectivity index (χ3v) is 2.84. The highest BCUT2D eigenvalue weighted by atomic mass is 35.5. The first kappa shape index (κ1) is 14.0. The topological polar surface area (TPSA) is 32.3 Å². The lowest BCUT2D eigenvalue weighted by atomic mass is 10.1. The minimum atomic E-state index is -0.492. The largest absolute Gasteiger partial charge is 0.353 e. The lowest BCUT2D eigenvalue weighted by Crippen LogP contribution is -2.37. The summed E-state index contributed by atoms with van der Waals surface area (Å²) in [7, 11) is 3.99. The molecule has 1 rings (SSSR count). The molecular weight excluding hydrogens is 236 g/mol. The monoisotopic (exact) mass is 254 g/mol. The van der Waals surface area contributed by atoms with Crippen LogP contribution < -0.4 is 5.32 Å². The Balaban J connectivity index is 2.66. The van der Waals surface area contributed by atoms with Gasteiger partial charge in [0.2, 0.25) is 5.91 Å². The summed E-state index contributed by atoms with van der Waals surface area (Å²) in [5.74, 6) is -0.130. The number of amides is 1. The van der Waals surface area contributed by atoms with Gasteiger partial charge in [-0.2, -0.15) is 0 Å². The standard InChI is InChI=1S/C13H19ClN2O/c1-10(14)13(17)15-9-12(16(2)3)11-7-5-4-6-8-11/h4-8,10,12H,9H2,1-3H3,(H,15,17)/t10-,12-/m0/s1. The number of alkyl halides is 1. The predicted octanol–water partition coefficient (Wildman–Crippen LogP) is 2.03. The average molecular weight is 255 g/mol. The summed E-state index contributed by atoms with van der Waals surface area (Å²) in [6, 6.07) is 10.3. The van der Waals surface area contributed by atoms with Crippen molar-refractivity contribution in [2.75, 3.05) is 20.6 Å². The second-order valence-electron chi connectivity index (χ2n) is 4.25. The van der Waals surface area contributed by atoms with Gasteiger partial charge in [-0.25, -0.2) is 0 Å².